The van der Waals surface area contributed by atoms with Crippen molar-refractivity contribution < 1.29 is 4.79 Å². The van der Waals surface area contributed by atoms with Crippen LogP contribution >= 0.6 is 0 Å². The maximum atomic E-state index is 11.8. The average molecular weight is 393 g/mol. The molecule has 0 unspecified atom stereocenters. The number of amides is 1. The molecule has 152 valence electrons. The molecule has 2 aliphatic heterocycles. The van der Waals surface area contributed by atoms with Crippen LogP contribution in [0, 0.1) is 17.2 Å². The molecule has 0 aliphatic carbocycles. The molecule has 1 aromatic carbocycles. The summed E-state index contributed by atoms with van der Waals surface area (Å²) in [4.78, 5) is 18.3. The first-order valence-electron chi connectivity index (χ1n) is 10.1. The van der Waals surface area contributed by atoms with Crippen LogP contribution in [0.4, 0.5) is 11.5 Å². The Kier molecular flexibility index (Phi) is 5.41. The number of nitrogens with zero attached hydrogens (tertiary/aromatic N) is 6. The van der Waals surface area contributed by atoms with Crippen molar-refractivity contribution in [1.82, 2.24) is 14.7 Å². The van der Waals surface area contributed by atoms with E-state index in [0.29, 0.717) is 12.5 Å². The summed E-state index contributed by atoms with van der Waals surface area (Å²) in [5.74, 6) is 0.921. The van der Waals surface area contributed by atoms with Gasteiger partial charge in [0.25, 0.3) is 0 Å². The van der Waals surface area contributed by atoms with E-state index in [4.69, 9.17) is 11.0 Å². The molecule has 2 N–H and O–H groups in total. The topological polar surface area (TPSA) is 94.4 Å². The van der Waals surface area contributed by atoms with E-state index in [0.717, 1.165) is 50.6 Å². The monoisotopic (exact) mass is 393 g/mol. The molecule has 4 rings (SSSR count). The van der Waals surface area contributed by atoms with Gasteiger partial charge in [-0.3, -0.25) is 9.69 Å². The second kappa shape index (κ2) is 8.13. The maximum absolute atomic E-state index is 11.8. The Morgan fingerprint density at radius 1 is 1.17 bits per heavy atom. The van der Waals surface area contributed by atoms with Crippen LogP contribution in [0.1, 0.15) is 13.3 Å². The van der Waals surface area contributed by atoms with E-state index in [1.54, 1.807) is 0 Å². The highest BCUT2D eigenvalue weighted by atomic mass is 16.1. The minimum atomic E-state index is -0.289. The number of carbonyl (C=O) groups is 1. The second-order valence-corrected chi connectivity index (χ2v) is 7.97. The van der Waals surface area contributed by atoms with Crippen LogP contribution in [0.3, 0.4) is 0 Å². The molecule has 2 aromatic rings. The number of anilines is 2. The van der Waals surface area contributed by atoms with Crippen molar-refractivity contribution >= 4 is 17.4 Å². The Morgan fingerprint density at radius 2 is 1.86 bits per heavy atom. The van der Waals surface area contributed by atoms with E-state index in [1.807, 2.05) is 21.8 Å². The van der Waals surface area contributed by atoms with Crippen molar-refractivity contribution in [2.45, 2.75) is 19.4 Å². The number of aromatic nitrogens is 2. The van der Waals surface area contributed by atoms with Gasteiger partial charge in [-0.15, -0.1) is 0 Å². The number of carbonyl (C=O) groups excluding carboxylic acids is 1. The van der Waals surface area contributed by atoms with E-state index in [2.05, 4.69) is 52.2 Å². The third kappa shape index (κ3) is 4.05. The number of hydrogen-bond acceptors (Lipinski definition) is 6. The summed E-state index contributed by atoms with van der Waals surface area (Å²) in [7, 11) is 0. The number of hydrogen-bond donors (Lipinski definition) is 1. The van der Waals surface area contributed by atoms with Crippen LogP contribution in [-0.2, 0) is 4.79 Å². The average Bonchev–Trinajstić information content (AvgIpc) is 3.36. The molecule has 1 aromatic heterocycles. The van der Waals surface area contributed by atoms with Gasteiger partial charge in [0.2, 0.25) is 5.91 Å². The molecule has 2 atom stereocenters. The fourth-order valence-electron chi connectivity index (χ4n) is 4.26. The highest BCUT2D eigenvalue weighted by Crippen LogP contribution is 2.28. The van der Waals surface area contributed by atoms with Gasteiger partial charge >= 0.3 is 0 Å². The Balaban J connectivity index is 1.44. The SMILES string of the molecule is C[C@H]1C[C@@H](C(N)=O)N(c2ccn(-c3ccc(N4CCN(CC#N)CC4)cc3)n2)C1. The molecule has 1 amide bonds. The number of nitriles is 1. The van der Waals surface area contributed by atoms with Gasteiger partial charge in [0, 0.05) is 50.7 Å². The Morgan fingerprint density at radius 3 is 2.52 bits per heavy atom. The molecule has 2 aliphatic rings. The second-order valence-electron chi connectivity index (χ2n) is 7.97. The number of benzene rings is 1. The molecular formula is C21H27N7O. The van der Waals surface area contributed by atoms with E-state index in [1.165, 1.54) is 5.69 Å². The molecule has 3 heterocycles. The summed E-state index contributed by atoms with van der Waals surface area (Å²) in [5.41, 5.74) is 7.74. The van der Waals surface area contributed by atoms with Crippen LogP contribution in [-0.4, -0.2) is 65.9 Å². The highest BCUT2D eigenvalue weighted by Gasteiger charge is 2.34. The zero-order chi connectivity index (χ0) is 20.4. The number of primary amides is 1. The lowest BCUT2D eigenvalue weighted by atomic mass is 10.1. The van der Waals surface area contributed by atoms with E-state index >= 15 is 0 Å². The zero-order valence-corrected chi connectivity index (χ0v) is 16.7. The van der Waals surface area contributed by atoms with Crippen molar-refractivity contribution in [3.63, 3.8) is 0 Å². The minimum absolute atomic E-state index is 0.282. The van der Waals surface area contributed by atoms with Gasteiger partial charge in [-0.25, -0.2) is 4.68 Å². The Labute approximate surface area is 171 Å². The number of piperazine rings is 1. The standard InChI is InChI=1S/C21H27N7O/c1-16-14-19(21(23)29)27(15-16)20-6-8-28(24-20)18-4-2-17(3-5-18)26-12-10-25(9-7-22)11-13-26/h2-6,8,16,19H,9-15H2,1H3,(H2,23,29)/t16-,19-/m0/s1. The minimum Gasteiger partial charge on any atom is -0.369 e. The molecule has 0 spiro atoms. The van der Waals surface area contributed by atoms with Crippen molar-refractivity contribution in [3.05, 3.63) is 36.5 Å². The van der Waals surface area contributed by atoms with Gasteiger partial charge in [0.15, 0.2) is 5.82 Å². The quantitative estimate of drug-likeness (QED) is 0.768. The van der Waals surface area contributed by atoms with Gasteiger partial charge in [0.05, 0.1) is 18.3 Å². The van der Waals surface area contributed by atoms with E-state index in [-0.39, 0.29) is 11.9 Å². The fourth-order valence-corrected chi connectivity index (χ4v) is 4.26. The third-order valence-electron chi connectivity index (χ3n) is 5.85. The summed E-state index contributed by atoms with van der Waals surface area (Å²) in [6, 6.07) is 12.2. The molecule has 0 radical (unpaired) electrons. The molecule has 29 heavy (non-hydrogen) atoms. The van der Waals surface area contributed by atoms with Gasteiger partial charge in [0.1, 0.15) is 6.04 Å². The van der Waals surface area contributed by atoms with Crippen LogP contribution in [0.25, 0.3) is 5.69 Å². The molecule has 0 saturated carbocycles. The lowest BCUT2D eigenvalue weighted by molar-refractivity contribution is -0.119. The normalized spacial score (nSPS) is 22.6. The van der Waals surface area contributed by atoms with Gasteiger partial charge in [-0.2, -0.15) is 10.4 Å². The third-order valence-corrected chi connectivity index (χ3v) is 5.85. The lowest BCUT2D eigenvalue weighted by Crippen LogP contribution is -2.46. The number of nitrogens with two attached hydrogens (primary N) is 1. The zero-order valence-electron chi connectivity index (χ0n) is 16.7. The van der Waals surface area contributed by atoms with Gasteiger partial charge in [-0.05, 0) is 36.6 Å². The largest absolute Gasteiger partial charge is 0.369 e. The molecular weight excluding hydrogens is 366 g/mol. The molecule has 8 heteroatoms. The Bertz CT molecular complexity index is 892. The van der Waals surface area contributed by atoms with Crippen molar-refractivity contribution in [2.75, 3.05) is 49.1 Å². The maximum Gasteiger partial charge on any atom is 0.240 e. The van der Waals surface area contributed by atoms with Crippen molar-refractivity contribution in [3.8, 4) is 11.8 Å². The predicted molar refractivity (Wildman–Crippen MR) is 112 cm³/mol. The van der Waals surface area contributed by atoms with Crippen LogP contribution in [0.5, 0.6) is 0 Å². The molecule has 0 bridgehead atoms. The van der Waals surface area contributed by atoms with Crippen LogP contribution in [0.2, 0.25) is 0 Å². The summed E-state index contributed by atoms with van der Waals surface area (Å²) in [6.07, 6.45) is 2.70. The molecule has 8 nitrogen and oxygen atoms in total. The summed E-state index contributed by atoms with van der Waals surface area (Å²) >= 11 is 0. The first-order chi connectivity index (χ1) is 14.0. The summed E-state index contributed by atoms with van der Waals surface area (Å²) < 4.78 is 1.84. The fraction of sp³-hybridized carbons (Fsp3) is 0.476. The first-order valence-corrected chi connectivity index (χ1v) is 10.1. The predicted octanol–water partition coefficient (Wildman–Crippen LogP) is 1.22. The van der Waals surface area contributed by atoms with Gasteiger partial charge in [-0.1, -0.05) is 6.92 Å². The van der Waals surface area contributed by atoms with Crippen molar-refractivity contribution in [2.24, 2.45) is 11.7 Å². The first kappa shape index (κ1) is 19.3. The van der Waals surface area contributed by atoms with E-state index in [9.17, 15) is 4.79 Å². The van der Waals surface area contributed by atoms with Crippen molar-refractivity contribution in [1.29, 1.82) is 5.26 Å². The van der Waals surface area contributed by atoms with Crippen LogP contribution in [0.15, 0.2) is 36.5 Å². The smallest absolute Gasteiger partial charge is 0.240 e. The highest BCUT2D eigenvalue weighted by molar-refractivity contribution is 5.84. The summed E-state index contributed by atoms with van der Waals surface area (Å²) in [6.45, 7) is 7.09. The van der Waals surface area contributed by atoms with E-state index < -0.39 is 0 Å². The summed E-state index contributed by atoms with van der Waals surface area (Å²) in [5, 5.41) is 13.5. The molecule has 2 fully saturated rings. The van der Waals surface area contributed by atoms with Crippen LogP contribution < -0.4 is 15.5 Å². The number of rotatable bonds is 5. The Hall–Kier alpha value is -3.05. The van der Waals surface area contributed by atoms with Gasteiger partial charge < -0.3 is 15.5 Å². The molecule has 2 saturated heterocycles. The lowest BCUT2D eigenvalue weighted by Gasteiger charge is -2.35.